The van der Waals surface area contributed by atoms with Crippen molar-refractivity contribution in [1.82, 2.24) is 10.2 Å². The van der Waals surface area contributed by atoms with E-state index >= 15 is 0 Å². The number of carbonyl (C=O) groups is 3. The summed E-state index contributed by atoms with van der Waals surface area (Å²) in [5.41, 5.74) is -6.22. The van der Waals surface area contributed by atoms with Crippen molar-refractivity contribution in [3.8, 4) is 0 Å². The van der Waals surface area contributed by atoms with Crippen molar-refractivity contribution >= 4 is 17.9 Å². The summed E-state index contributed by atoms with van der Waals surface area (Å²) in [4.78, 5) is 36.3. The summed E-state index contributed by atoms with van der Waals surface area (Å²) in [6, 6.07) is -3.82. The molecule has 0 aromatic carbocycles. The van der Waals surface area contributed by atoms with Crippen molar-refractivity contribution in [2.75, 3.05) is 0 Å². The normalized spacial score (nSPS) is 21.9. The maximum absolute atomic E-state index is 13.2. The van der Waals surface area contributed by atoms with Crippen LogP contribution in [0.15, 0.2) is 0 Å². The molecule has 2 rings (SSSR count). The predicted octanol–water partition coefficient (Wildman–Crippen LogP) is 2.91. The van der Waals surface area contributed by atoms with Crippen LogP contribution in [0.2, 0.25) is 0 Å². The van der Waals surface area contributed by atoms with Crippen LogP contribution in [-0.4, -0.2) is 52.3 Å². The van der Waals surface area contributed by atoms with E-state index in [0.29, 0.717) is 12.8 Å². The number of carbonyl (C=O) groups excluding carboxylic acids is 3. The van der Waals surface area contributed by atoms with E-state index in [2.05, 4.69) is 0 Å². The quantitative estimate of drug-likeness (QED) is 0.444. The number of hydrogen-bond acceptors (Lipinski definition) is 4. The summed E-state index contributed by atoms with van der Waals surface area (Å²) in [6.07, 6.45) is -11.4. The first-order chi connectivity index (χ1) is 12.0. The number of nitrogens with zero attached hydrogens (tertiary/aromatic N) is 1. The van der Waals surface area contributed by atoms with E-state index in [-0.39, 0.29) is 17.2 Å². The Labute approximate surface area is 150 Å². The minimum absolute atomic E-state index is 0.199. The second-order valence-electron chi connectivity index (χ2n) is 7.58. The zero-order valence-electron chi connectivity index (χ0n) is 14.6. The molecule has 1 aliphatic heterocycles. The van der Waals surface area contributed by atoms with E-state index in [4.69, 9.17) is 4.74 Å². The third kappa shape index (κ3) is 3.84. The van der Waals surface area contributed by atoms with Crippen molar-refractivity contribution in [2.45, 2.75) is 69.6 Å². The zero-order valence-corrected chi connectivity index (χ0v) is 14.6. The van der Waals surface area contributed by atoms with Gasteiger partial charge in [-0.2, -0.15) is 26.3 Å². The Morgan fingerprint density at radius 3 is 1.96 bits per heavy atom. The Kier molecular flexibility index (Phi) is 4.94. The highest BCUT2D eigenvalue weighted by Gasteiger charge is 2.81. The summed E-state index contributed by atoms with van der Waals surface area (Å²) in [6.45, 7) is 4.29. The molecule has 1 unspecified atom stereocenters. The molecule has 0 aromatic rings. The monoisotopic (exact) mass is 404 g/mol. The lowest BCUT2D eigenvalue weighted by Gasteiger charge is -2.32. The summed E-state index contributed by atoms with van der Waals surface area (Å²) >= 11 is 0. The number of esters is 1. The van der Waals surface area contributed by atoms with E-state index in [9.17, 15) is 40.7 Å². The number of nitrogens with one attached hydrogen (secondary N) is 1. The molecule has 2 fully saturated rings. The fraction of sp³-hybridized carbons (Fsp3) is 0.800. The molecule has 0 aromatic heterocycles. The number of hydrogen-bond donors (Lipinski definition) is 1. The van der Waals surface area contributed by atoms with Crippen LogP contribution >= 0.6 is 0 Å². The SMILES string of the molecule is CC(C)(C)OC(=O)C(CC1CC1)N1C(=O)NC(C(F)(F)F)(C(F)(F)F)C1=O. The number of amides is 3. The summed E-state index contributed by atoms with van der Waals surface area (Å²) in [7, 11) is 0. The molecule has 0 spiro atoms. The average molecular weight is 404 g/mol. The van der Waals surface area contributed by atoms with Gasteiger partial charge in [-0.1, -0.05) is 12.8 Å². The Morgan fingerprint density at radius 1 is 1.15 bits per heavy atom. The van der Waals surface area contributed by atoms with Gasteiger partial charge in [0.25, 0.3) is 5.91 Å². The molecule has 1 heterocycles. The van der Waals surface area contributed by atoms with E-state index in [0.717, 1.165) is 5.32 Å². The maximum Gasteiger partial charge on any atom is 0.429 e. The van der Waals surface area contributed by atoms with Gasteiger partial charge >= 0.3 is 29.9 Å². The van der Waals surface area contributed by atoms with Crippen LogP contribution in [0, 0.1) is 5.92 Å². The Balaban J connectivity index is 2.46. The Bertz CT molecular complexity index is 634. The maximum atomic E-state index is 13.2. The van der Waals surface area contributed by atoms with Crippen molar-refractivity contribution < 1.29 is 45.5 Å². The molecule has 6 nitrogen and oxygen atoms in total. The summed E-state index contributed by atoms with van der Waals surface area (Å²) in [5, 5.41) is 0.719. The molecular formula is C15H18F6N2O4. The largest absolute Gasteiger partial charge is 0.458 e. The molecule has 154 valence electrons. The topological polar surface area (TPSA) is 75.7 Å². The van der Waals surface area contributed by atoms with Crippen molar-refractivity contribution in [1.29, 1.82) is 0 Å². The highest BCUT2D eigenvalue weighted by Crippen LogP contribution is 2.48. The van der Waals surface area contributed by atoms with Crippen LogP contribution in [0.3, 0.4) is 0 Å². The van der Waals surface area contributed by atoms with Crippen LogP contribution < -0.4 is 5.32 Å². The van der Waals surface area contributed by atoms with Gasteiger partial charge < -0.3 is 10.1 Å². The lowest BCUT2D eigenvalue weighted by Crippen LogP contribution is -2.68. The van der Waals surface area contributed by atoms with Crippen LogP contribution in [-0.2, 0) is 14.3 Å². The fourth-order valence-electron chi connectivity index (χ4n) is 2.72. The van der Waals surface area contributed by atoms with Gasteiger partial charge in [-0.3, -0.25) is 4.79 Å². The molecule has 1 aliphatic carbocycles. The second kappa shape index (κ2) is 6.26. The van der Waals surface area contributed by atoms with Crippen molar-refractivity contribution in [3.05, 3.63) is 0 Å². The number of imide groups is 1. The van der Waals surface area contributed by atoms with Crippen LogP contribution in [0.1, 0.15) is 40.0 Å². The van der Waals surface area contributed by atoms with Crippen molar-refractivity contribution in [3.63, 3.8) is 0 Å². The molecule has 2 aliphatic rings. The molecule has 1 saturated heterocycles. The molecule has 0 bridgehead atoms. The van der Waals surface area contributed by atoms with Crippen LogP contribution in [0.5, 0.6) is 0 Å². The van der Waals surface area contributed by atoms with Crippen LogP contribution in [0.4, 0.5) is 31.1 Å². The molecule has 3 amide bonds. The van der Waals surface area contributed by atoms with Crippen molar-refractivity contribution in [2.24, 2.45) is 5.92 Å². The number of urea groups is 1. The number of halogens is 6. The number of ether oxygens (including phenoxy) is 1. The molecule has 1 N–H and O–H groups in total. The third-order valence-electron chi connectivity index (χ3n) is 4.15. The van der Waals surface area contributed by atoms with Gasteiger partial charge in [-0.05, 0) is 33.1 Å². The zero-order chi connectivity index (χ0) is 21.0. The van der Waals surface area contributed by atoms with Gasteiger partial charge in [0.2, 0.25) is 0 Å². The number of rotatable bonds is 4. The standard InChI is InChI=1S/C15H18F6N2O4/c1-12(2,3)27-9(24)8(6-7-4-5-7)23-10(25)13(14(16,17)18,15(19,20)21)22-11(23)26/h7-8H,4-6H2,1-3H3,(H,22,26). The van der Waals surface area contributed by atoms with Gasteiger partial charge in [0.05, 0.1) is 0 Å². The van der Waals surface area contributed by atoms with E-state index < -0.39 is 47.4 Å². The van der Waals surface area contributed by atoms with Gasteiger partial charge in [-0.25, -0.2) is 14.5 Å². The van der Waals surface area contributed by atoms with Gasteiger partial charge in [0.1, 0.15) is 11.6 Å². The highest BCUT2D eigenvalue weighted by atomic mass is 19.4. The molecule has 0 radical (unpaired) electrons. The second-order valence-corrected chi connectivity index (χ2v) is 7.58. The lowest BCUT2D eigenvalue weighted by atomic mass is 9.97. The third-order valence-corrected chi connectivity index (χ3v) is 4.15. The molecular weight excluding hydrogens is 386 g/mol. The smallest absolute Gasteiger partial charge is 0.429 e. The Hall–Kier alpha value is -2.01. The van der Waals surface area contributed by atoms with Gasteiger partial charge in [0, 0.05) is 0 Å². The van der Waals surface area contributed by atoms with Gasteiger partial charge in [-0.15, -0.1) is 0 Å². The molecule has 1 atom stereocenters. The minimum Gasteiger partial charge on any atom is -0.458 e. The summed E-state index contributed by atoms with van der Waals surface area (Å²) in [5.74, 6) is -4.02. The highest BCUT2D eigenvalue weighted by molar-refractivity contribution is 6.10. The fourth-order valence-corrected chi connectivity index (χ4v) is 2.72. The first-order valence-electron chi connectivity index (χ1n) is 8.03. The summed E-state index contributed by atoms with van der Waals surface area (Å²) < 4.78 is 84.3. The average Bonchev–Trinajstić information content (AvgIpc) is 3.18. The minimum atomic E-state index is -6.15. The van der Waals surface area contributed by atoms with E-state index in [1.165, 1.54) is 20.8 Å². The molecule has 27 heavy (non-hydrogen) atoms. The first-order valence-corrected chi connectivity index (χ1v) is 8.03. The first kappa shape index (κ1) is 21.3. The van der Waals surface area contributed by atoms with E-state index in [1.807, 2.05) is 0 Å². The number of alkyl halides is 6. The predicted molar refractivity (Wildman–Crippen MR) is 77.2 cm³/mol. The van der Waals surface area contributed by atoms with Gasteiger partial charge in [0.15, 0.2) is 0 Å². The van der Waals surface area contributed by atoms with E-state index in [1.54, 1.807) is 0 Å². The lowest BCUT2D eigenvalue weighted by molar-refractivity contribution is -0.290. The molecule has 12 heteroatoms. The molecule has 1 saturated carbocycles. The van der Waals surface area contributed by atoms with Crippen LogP contribution in [0.25, 0.3) is 0 Å². The Morgan fingerprint density at radius 2 is 1.63 bits per heavy atom.